The molecule has 0 radical (unpaired) electrons. The molecule has 0 bridgehead atoms. The van der Waals surface area contributed by atoms with Crippen LogP contribution in [-0.2, 0) is 9.59 Å². The lowest BCUT2D eigenvalue weighted by Gasteiger charge is -2.07. The van der Waals surface area contributed by atoms with E-state index >= 15 is 0 Å². The lowest BCUT2D eigenvalue weighted by Crippen LogP contribution is -2.35. The fraction of sp³-hybridized carbons (Fsp3) is 0.158. The van der Waals surface area contributed by atoms with E-state index in [0.717, 1.165) is 11.6 Å². The van der Waals surface area contributed by atoms with Gasteiger partial charge in [-0.25, -0.2) is 14.8 Å². The number of aliphatic imine (C=N–C) groups is 1. The van der Waals surface area contributed by atoms with Gasteiger partial charge in [0.15, 0.2) is 0 Å². The summed E-state index contributed by atoms with van der Waals surface area (Å²) in [5.74, 6) is -0.717. The third-order valence-electron chi connectivity index (χ3n) is 3.92. The zero-order valence-corrected chi connectivity index (χ0v) is 16.0. The van der Waals surface area contributed by atoms with Crippen molar-refractivity contribution in [3.8, 4) is 5.75 Å². The minimum atomic E-state index is -0.908. The van der Waals surface area contributed by atoms with Crippen molar-refractivity contribution in [1.82, 2.24) is 10.7 Å². The van der Waals surface area contributed by atoms with Crippen LogP contribution in [0.2, 0.25) is 5.02 Å². The van der Waals surface area contributed by atoms with Gasteiger partial charge >= 0.3 is 0 Å². The molecule has 10 heteroatoms. The van der Waals surface area contributed by atoms with E-state index in [1.165, 1.54) is 18.3 Å². The smallest absolute Gasteiger partial charge is 0.252 e. The Morgan fingerprint density at radius 1 is 1.38 bits per heavy atom. The predicted molar refractivity (Wildman–Crippen MR) is 108 cm³/mol. The van der Waals surface area contributed by atoms with Crippen molar-refractivity contribution in [2.75, 3.05) is 12.4 Å². The summed E-state index contributed by atoms with van der Waals surface area (Å²) in [5, 5.41) is 8.96. The number of anilines is 1. The molecule has 0 aromatic heterocycles. The molecule has 2 aromatic carbocycles. The number of para-hydroxylation sites is 1. The highest BCUT2D eigenvalue weighted by atomic mass is 35.5. The van der Waals surface area contributed by atoms with Gasteiger partial charge in [-0.1, -0.05) is 23.7 Å². The van der Waals surface area contributed by atoms with Crippen molar-refractivity contribution >= 4 is 41.3 Å². The molecule has 0 saturated carbocycles. The van der Waals surface area contributed by atoms with Crippen molar-refractivity contribution in [3.63, 3.8) is 0 Å². The Labute approximate surface area is 170 Å². The Morgan fingerprint density at radius 2 is 2.17 bits per heavy atom. The zero-order valence-electron chi connectivity index (χ0n) is 15.3. The van der Waals surface area contributed by atoms with Gasteiger partial charge in [0.1, 0.15) is 17.6 Å². The van der Waals surface area contributed by atoms with Crippen LogP contribution in [0.25, 0.3) is 0 Å². The molecular formula is C19H17ClFN5O3. The summed E-state index contributed by atoms with van der Waals surface area (Å²) in [7, 11) is 1.55. The molecule has 29 heavy (non-hydrogen) atoms. The first-order valence-corrected chi connectivity index (χ1v) is 8.89. The number of carbonyl (C=O) groups is 2. The Balaban J connectivity index is 1.57. The Morgan fingerprint density at radius 3 is 2.93 bits per heavy atom. The standard InChI is InChI=1S/C19H17ClFN5O3/c1-29-16-5-3-2-4-11(16)10-22-26-19-24-15(18(28)25-19)9-17(27)23-12-6-7-14(21)13(20)8-12/h2-8,10,15H,9H2,1H3,(H,23,27)(H2,24,25,26,28)/b22-10-/t15-/m1/s1. The number of hydrazone groups is 1. The monoisotopic (exact) mass is 417 g/mol. The molecular weight excluding hydrogens is 401 g/mol. The second-order valence-electron chi connectivity index (χ2n) is 5.98. The van der Waals surface area contributed by atoms with Gasteiger partial charge in [0.2, 0.25) is 11.9 Å². The molecule has 1 atom stereocenters. The number of carbonyl (C=O) groups excluding carboxylic acids is 2. The van der Waals surface area contributed by atoms with Gasteiger partial charge in [0.25, 0.3) is 5.91 Å². The van der Waals surface area contributed by atoms with Crippen LogP contribution in [0.3, 0.4) is 0 Å². The van der Waals surface area contributed by atoms with Gasteiger partial charge in [-0.2, -0.15) is 5.10 Å². The normalized spacial score (nSPS) is 15.8. The number of rotatable bonds is 6. The van der Waals surface area contributed by atoms with E-state index < -0.39 is 23.7 Å². The highest BCUT2D eigenvalue weighted by Crippen LogP contribution is 2.20. The molecule has 0 unspecified atom stereocenters. The third-order valence-corrected chi connectivity index (χ3v) is 4.21. The molecule has 0 fully saturated rings. The predicted octanol–water partition coefficient (Wildman–Crippen LogP) is 2.29. The lowest BCUT2D eigenvalue weighted by molar-refractivity contribution is -0.123. The summed E-state index contributed by atoms with van der Waals surface area (Å²) in [4.78, 5) is 28.3. The molecule has 8 nitrogen and oxygen atoms in total. The van der Waals surface area contributed by atoms with Gasteiger partial charge < -0.3 is 10.1 Å². The highest BCUT2D eigenvalue weighted by Gasteiger charge is 2.28. The molecule has 0 spiro atoms. The number of methoxy groups -OCH3 is 1. The fourth-order valence-electron chi connectivity index (χ4n) is 2.54. The number of hydrogen-bond donors (Lipinski definition) is 3. The molecule has 1 aliphatic heterocycles. The minimum absolute atomic E-state index is 0.112. The quantitative estimate of drug-likeness (QED) is 0.495. The number of halogens is 2. The molecule has 0 aliphatic carbocycles. The number of guanidine groups is 1. The first kappa shape index (κ1) is 20.3. The molecule has 1 aliphatic rings. The SMILES string of the molecule is COc1ccccc1/C=N\NC1=N[C@H](CC(=O)Nc2ccc(F)c(Cl)c2)C(=O)N1. The number of nitrogens with zero attached hydrogens (tertiary/aromatic N) is 2. The summed E-state index contributed by atoms with van der Waals surface area (Å²) >= 11 is 5.68. The largest absolute Gasteiger partial charge is 0.496 e. The van der Waals surface area contributed by atoms with Crippen molar-refractivity contribution in [3.05, 3.63) is 58.9 Å². The van der Waals surface area contributed by atoms with Gasteiger partial charge in [-0.15, -0.1) is 0 Å². The summed E-state index contributed by atoms with van der Waals surface area (Å²) in [6.45, 7) is 0. The van der Waals surface area contributed by atoms with Gasteiger partial charge in [-0.05, 0) is 30.3 Å². The number of ether oxygens (including phenoxy) is 1. The molecule has 2 aromatic rings. The Bertz CT molecular complexity index is 996. The van der Waals surface area contributed by atoms with Crippen LogP contribution in [0, 0.1) is 5.82 Å². The second-order valence-corrected chi connectivity index (χ2v) is 6.38. The topological polar surface area (TPSA) is 104 Å². The Kier molecular flexibility index (Phi) is 6.40. The summed E-state index contributed by atoms with van der Waals surface area (Å²) in [6.07, 6.45) is 1.33. The van der Waals surface area contributed by atoms with Crippen LogP contribution >= 0.6 is 11.6 Å². The fourth-order valence-corrected chi connectivity index (χ4v) is 2.72. The first-order valence-electron chi connectivity index (χ1n) is 8.52. The first-order chi connectivity index (χ1) is 14.0. The van der Waals surface area contributed by atoms with E-state index in [1.807, 2.05) is 18.2 Å². The number of benzene rings is 2. The van der Waals surface area contributed by atoms with E-state index in [9.17, 15) is 14.0 Å². The minimum Gasteiger partial charge on any atom is -0.496 e. The molecule has 2 amide bonds. The van der Waals surface area contributed by atoms with Crippen LogP contribution in [0.5, 0.6) is 5.75 Å². The van der Waals surface area contributed by atoms with E-state index in [0.29, 0.717) is 11.4 Å². The molecule has 150 valence electrons. The van der Waals surface area contributed by atoms with Crippen LogP contribution in [-0.4, -0.2) is 37.1 Å². The average Bonchev–Trinajstić information content (AvgIpc) is 3.04. The van der Waals surface area contributed by atoms with E-state index in [-0.39, 0.29) is 17.4 Å². The van der Waals surface area contributed by atoms with Gasteiger partial charge in [-0.3, -0.25) is 14.9 Å². The molecule has 0 saturated heterocycles. The van der Waals surface area contributed by atoms with Crippen molar-refractivity contribution < 1.29 is 18.7 Å². The van der Waals surface area contributed by atoms with Gasteiger partial charge in [0.05, 0.1) is 24.8 Å². The van der Waals surface area contributed by atoms with Crippen LogP contribution < -0.4 is 20.8 Å². The molecule has 1 heterocycles. The molecule has 3 rings (SSSR count). The van der Waals surface area contributed by atoms with E-state index in [4.69, 9.17) is 16.3 Å². The number of hydrogen-bond acceptors (Lipinski definition) is 6. The van der Waals surface area contributed by atoms with Crippen LogP contribution in [0.15, 0.2) is 52.6 Å². The highest BCUT2D eigenvalue weighted by molar-refractivity contribution is 6.31. The summed E-state index contributed by atoms with van der Waals surface area (Å²) in [6, 6.07) is 10.2. The molecule has 3 N–H and O–H groups in total. The van der Waals surface area contributed by atoms with Crippen LogP contribution in [0.4, 0.5) is 10.1 Å². The Hall–Kier alpha value is -3.46. The lowest BCUT2D eigenvalue weighted by atomic mass is 10.2. The summed E-state index contributed by atoms with van der Waals surface area (Å²) in [5.41, 5.74) is 3.68. The van der Waals surface area contributed by atoms with Gasteiger partial charge in [0, 0.05) is 11.3 Å². The second kappa shape index (κ2) is 9.16. The maximum absolute atomic E-state index is 13.2. The third kappa shape index (κ3) is 5.29. The van der Waals surface area contributed by atoms with Crippen molar-refractivity contribution in [2.24, 2.45) is 10.1 Å². The van der Waals surface area contributed by atoms with Crippen LogP contribution in [0.1, 0.15) is 12.0 Å². The zero-order chi connectivity index (χ0) is 20.8. The van der Waals surface area contributed by atoms with Crippen molar-refractivity contribution in [2.45, 2.75) is 12.5 Å². The number of amides is 2. The van der Waals surface area contributed by atoms with E-state index in [1.54, 1.807) is 13.2 Å². The van der Waals surface area contributed by atoms with Crippen molar-refractivity contribution in [1.29, 1.82) is 0 Å². The number of nitrogens with one attached hydrogen (secondary N) is 3. The maximum Gasteiger partial charge on any atom is 0.252 e. The maximum atomic E-state index is 13.2. The van der Waals surface area contributed by atoms with E-state index in [2.05, 4.69) is 26.2 Å². The average molecular weight is 418 g/mol. The summed E-state index contributed by atoms with van der Waals surface area (Å²) < 4.78 is 18.4.